The molecule has 0 aromatic rings. The number of amides is 2. The first-order valence-corrected chi connectivity index (χ1v) is 8.43. The lowest BCUT2D eigenvalue weighted by atomic mass is 9.91. The van der Waals surface area contributed by atoms with Crippen LogP contribution in [0.5, 0.6) is 0 Å². The van der Waals surface area contributed by atoms with E-state index in [0.29, 0.717) is 6.42 Å². The summed E-state index contributed by atoms with van der Waals surface area (Å²) in [4.78, 5) is 26.3. The van der Waals surface area contributed by atoms with E-state index in [1.807, 2.05) is 4.90 Å². The monoisotopic (exact) mass is 294 g/mol. The van der Waals surface area contributed by atoms with Gasteiger partial charge in [-0.3, -0.25) is 9.59 Å². The topological polar surface area (TPSA) is 49.4 Å². The molecule has 1 N–H and O–H groups in total. The molecule has 0 atom stereocenters. The molecule has 21 heavy (non-hydrogen) atoms. The molecule has 1 heterocycles. The Labute approximate surface area is 128 Å². The molecule has 120 valence electrons. The number of hydrogen-bond acceptors (Lipinski definition) is 2. The fraction of sp³-hybridized carbons (Fsp3) is 0.882. The maximum Gasteiger partial charge on any atom is 0.223 e. The van der Waals surface area contributed by atoms with Crippen molar-refractivity contribution in [3.8, 4) is 0 Å². The molecule has 0 unspecified atom stereocenters. The molecular formula is C17H30N2O2. The van der Waals surface area contributed by atoms with Gasteiger partial charge in [0.05, 0.1) is 0 Å². The van der Waals surface area contributed by atoms with E-state index in [2.05, 4.69) is 26.1 Å². The van der Waals surface area contributed by atoms with Crippen molar-refractivity contribution < 1.29 is 9.59 Å². The molecule has 2 fully saturated rings. The average molecular weight is 294 g/mol. The van der Waals surface area contributed by atoms with Gasteiger partial charge in [0.1, 0.15) is 0 Å². The molecule has 0 spiro atoms. The second kappa shape index (κ2) is 6.80. The van der Waals surface area contributed by atoms with Gasteiger partial charge in [0.15, 0.2) is 0 Å². The number of carbonyl (C=O) groups excluding carboxylic acids is 2. The van der Waals surface area contributed by atoms with Gasteiger partial charge >= 0.3 is 0 Å². The maximum atomic E-state index is 12.2. The number of likely N-dealkylation sites (tertiary alicyclic amines) is 1. The number of hydrogen-bond donors (Lipinski definition) is 1. The fourth-order valence-electron chi connectivity index (χ4n) is 3.35. The van der Waals surface area contributed by atoms with Gasteiger partial charge in [-0.1, -0.05) is 33.6 Å². The maximum absolute atomic E-state index is 12.2. The van der Waals surface area contributed by atoms with E-state index < -0.39 is 0 Å². The largest absolute Gasteiger partial charge is 0.353 e. The average Bonchev–Trinajstić information content (AvgIpc) is 2.91. The van der Waals surface area contributed by atoms with E-state index in [1.54, 1.807) is 0 Å². The molecule has 1 aliphatic carbocycles. The van der Waals surface area contributed by atoms with Crippen LogP contribution in [0.2, 0.25) is 0 Å². The lowest BCUT2D eigenvalue weighted by Crippen LogP contribution is -2.48. The highest BCUT2D eigenvalue weighted by Crippen LogP contribution is 2.25. The highest BCUT2D eigenvalue weighted by atomic mass is 16.2. The minimum Gasteiger partial charge on any atom is -0.353 e. The molecule has 2 aliphatic rings. The van der Waals surface area contributed by atoms with Gasteiger partial charge < -0.3 is 10.2 Å². The van der Waals surface area contributed by atoms with Crippen molar-refractivity contribution in [2.75, 3.05) is 13.1 Å². The van der Waals surface area contributed by atoms with Gasteiger partial charge in [-0.2, -0.15) is 0 Å². The van der Waals surface area contributed by atoms with Crippen LogP contribution in [-0.2, 0) is 9.59 Å². The molecule has 1 saturated heterocycles. The Morgan fingerprint density at radius 2 is 1.62 bits per heavy atom. The first-order chi connectivity index (χ1) is 9.85. The number of nitrogens with zero attached hydrogens (tertiary/aromatic N) is 1. The highest BCUT2D eigenvalue weighted by Gasteiger charge is 2.29. The molecule has 4 heteroatoms. The van der Waals surface area contributed by atoms with Crippen LogP contribution in [0, 0.1) is 11.3 Å². The normalized spacial score (nSPS) is 21.6. The van der Waals surface area contributed by atoms with Crippen molar-refractivity contribution in [3.05, 3.63) is 0 Å². The van der Waals surface area contributed by atoms with Gasteiger partial charge in [0.2, 0.25) is 11.8 Å². The third kappa shape index (κ3) is 5.01. The predicted molar refractivity (Wildman–Crippen MR) is 83.8 cm³/mol. The Kier molecular flexibility index (Phi) is 5.28. The van der Waals surface area contributed by atoms with E-state index in [0.717, 1.165) is 38.8 Å². The SMILES string of the molecule is CC(C)(C)CC(=O)N1CCC(NC(=O)C2CCCC2)CC1. The van der Waals surface area contributed by atoms with E-state index in [1.165, 1.54) is 12.8 Å². The van der Waals surface area contributed by atoms with Crippen LogP contribution in [0.3, 0.4) is 0 Å². The minimum atomic E-state index is 0.0463. The summed E-state index contributed by atoms with van der Waals surface area (Å²) in [5.41, 5.74) is 0.0463. The van der Waals surface area contributed by atoms with Crippen molar-refractivity contribution in [2.24, 2.45) is 11.3 Å². The standard InChI is InChI=1S/C17H30N2O2/c1-17(2,3)12-15(20)19-10-8-14(9-11-19)18-16(21)13-6-4-5-7-13/h13-14H,4-12H2,1-3H3,(H,18,21). The van der Waals surface area contributed by atoms with Gasteiger partial charge in [0, 0.05) is 31.5 Å². The summed E-state index contributed by atoms with van der Waals surface area (Å²) in [5, 5.41) is 3.19. The summed E-state index contributed by atoms with van der Waals surface area (Å²) < 4.78 is 0. The molecule has 0 aromatic heterocycles. The van der Waals surface area contributed by atoms with E-state index >= 15 is 0 Å². The van der Waals surface area contributed by atoms with E-state index in [4.69, 9.17) is 0 Å². The molecule has 0 aromatic carbocycles. The second-order valence-electron chi connectivity index (χ2n) is 7.88. The van der Waals surface area contributed by atoms with Crippen LogP contribution in [0.15, 0.2) is 0 Å². The molecule has 4 nitrogen and oxygen atoms in total. The summed E-state index contributed by atoms with van der Waals surface area (Å²) in [6.45, 7) is 7.85. The summed E-state index contributed by atoms with van der Waals surface area (Å²) >= 11 is 0. The summed E-state index contributed by atoms with van der Waals surface area (Å²) in [6, 6.07) is 0.261. The predicted octanol–water partition coefficient (Wildman–Crippen LogP) is 2.72. The molecule has 1 aliphatic heterocycles. The molecule has 2 rings (SSSR count). The molecule has 0 bridgehead atoms. The Hall–Kier alpha value is -1.06. The fourth-order valence-corrected chi connectivity index (χ4v) is 3.35. The van der Waals surface area contributed by atoms with Crippen LogP contribution in [-0.4, -0.2) is 35.8 Å². The van der Waals surface area contributed by atoms with Crippen LogP contribution in [0.25, 0.3) is 0 Å². The highest BCUT2D eigenvalue weighted by molar-refractivity contribution is 5.79. The number of rotatable bonds is 3. The quantitative estimate of drug-likeness (QED) is 0.870. The smallest absolute Gasteiger partial charge is 0.223 e. The molecule has 2 amide bonds. The van der Waals surface area contributed by atoms with Gasteiger partial charge in [0.25, 0.3) is 0 Å². The summed E-state index contributed by atoms with van der Waals surface area (Å²) in [5.74, 6) is 0.737. The van der Waals surface area contributed by atoms with Gasteiger partial charge in [-0.15, -0.1) is 0 Å². The van der Waals surface area contributed by atoms with Crippen molar-refractivity contribution in [1.82, 2.24) is 10.2 Å². The third-order valence-electron chi connectivity index (χ3n) is 4.60. The van der Waals surface area contributed by atoms with Crippen LogP contribution >= 0.6 is 0 Å². The Balaban J connectivity index is 1.72. The van der Waals surface area contributed by atoms with Crippen LogP contribution in [0.1, 0.15) is 65.7 Å². The zero-order valence-corrected chi connectivity index (χ0v) is 13.8. The summed E-state index contributed by atoms with van der Waals surface area (Å²) in [6.07, 6.45) is 6.88. The lowest BCUT2D eigenvalue weighted by Gasteiger charge is -2.34. The number of nitrogens with one attached hydrogen (secondary N) is 1. The lowest BCUT2D eigenvalue weighted by molar-refractivity contribution is -0.134. The van der Waals surface area contributed by atoms with Crippen molar-refractivity contribution in [3.63, 3.8) is 0 Å². The molecule has 1 saturated carbocycles. The zero-order chi connectivity index (χ0) is 15.5. The Bertz CT molecular complexity index is 373. The molecule has 0 radical (unpaired) electrons. The first kappa shape index (κ1) is 16.3. The van der Waals surface area contributed by atoms with Crippen molar-refractivity contribution in [2.45, 2.75) is 71.8 Å². The van der Waals surface area contributed by atoms with Gasteiger partial charge in [-0.25, -0.2) is 0 Å². The minimum absolute atomic E-state index is 0.0463. The first-order valence-electron chi connectivity index (χ1n) is 8.43. The number of carbonyl (C=O) groups is 2. The number of piperidine rings is 1. The summed E-state index contributed by atoms with van der Waals surface area (Å²) in [7, 11) is 0. The van der Waals surface area contributed by atoms with Crippen molar-refractivity contribution >= 4 is 11.8 Å². The Morgan fingerprint density at radius 1 is 1.05 bits per heavy atom. The van der Waals surface area contributed by atoms with E-state index in [9.17, 15) is 9.59 Å². The van der Waals surface area contributed by atoms with E-state index in [-0.39, 0.29) is 29.2 Å². The van der Waals surface area contributed by atoms with Crippen molar-refractivity contribution in [1.29, 1.82) is 0 Å². The molecular weight excluding hydrogens is 264 g/mol. The van der Waals surface area contributed by atoms with Crippen LogP contribution in [0.4, 0.5) is 0 Å². The third-order valence-corrected chi connectivity index (χ3v) is 4.60. The van der Waals surface area contributed by atoms with Gasteiger partial charge in [-0.05, 0) is 31.1 Å². The Morgan fingerprint density at radius 3 is 2.14 bits per heavy atom. The van der Waals surface area contributed by atoms with Crippen LogP contribution < -0.4 is 5.32 Å². The zero-order valence-electron chi connectivity index (χ0n) is 13.8. The second-order valence-corrected chi connectivity index (χ2v) is 7.88.